The monoisotopic (exact) mass is 642 g/mol. The zero-order valence-corrected chi connectivity index (χ0v) is 27.7. The lowest BCUT2D eigenvalue weighted by Crippen LogP contribution is -2.66. The van der Waals surface area contributed by atoms with Crippen molar-refractivity contribution in [2.45, 2.75) is 101 Å². The topological polar surface area (TPSA) is 141 Å². The standard InChI is InChI=1S/C32H46N6O6S/c1-13-21-25(37(3)4)17-11-15(7-9-19(17)33-13)23-24(35-29(21)39)28-32(42)44-36-30(40)22-14(2)34-20-10-8-16(43-31(41)27(23)45-28)12-18(20)26(22)38(5)6/h13-22,25-26,33-34H,7-12H2,1-6H3,(H,35,39)(H,36,40). The van der Waals surface area contributed by atoms with Crippen LogP contribution in [0.2, 0.25) is 0 Å². The number of ether oxygens (including phenoxy) is 1. The fourth-order valence-electron chi connectivity index (χ4n) is 9.96. The zero-order valence-electron chi connectivity index (χ0n) is 26.9. The first-order valence-corrected chi connectivity index (χ1v) is 17.3. The Morgan fingerprint density at radius 2 is 1.33 bits per heavy atom. The quantitative estimate of drug-likeness (QED) is 0.354. The molecule has 0 aromatic carbocycles. The van der Waals surface area contributed by atoms with Gasteiger partial charge in [0.15, 0.2) is 0 Å². The summed E-state index contributed by atoms with van der Waals surface area (Å²) < 4.78 is 6.29. The van der Waals surface area contributed by atoms with Crippen LogP contribution in [0.25, 0.3) is 0 Å². The highest BCUT2D eigenvalue weighted by Crippen LogP contribution is 2.51. The number of carbonyl (C=O) groups excluding carboxylic acids is 4. The summed E-state index contributed by atoms with van der Waals surface area (Å²) in [4.78, 5) is 66.0. The third kappa shape index (κ3) is 5.09. The summed E-state index contributed by atoms with van der Waals surface area (Å²) >= 11 is 1.01. The van der Waals surface area contributed by atoms with Gasteiger partial charge in [0.05, 0.1) is 17.5 Å². The molecular formula is C32H46N6O6S. The number of amides is 2. The molecule has 6 aliphatic rings. The molecule has 13 heteroatoms. The van der Waals surface area contributed by atoms with E-state index in [0.29, 0.717) is 29.0 Å². The van der Waals surface area contributed by atoms with Gasteiger partial charge in [0, 0.05) is 41.8 Å². The molecule has 2 amide bonds. The second-order valence-corrected chi connectivity index (χ2v) is 15.7. The SMILES string of the molecule is CC1NC2CCC3CC2C(N(C)C)C1C(=O)NOC(=O)c1sc(c2c1NC(=O)C1C(C)NC4CCC2CC4C1N(C)C)C(=O)O3. The molecule has 12 nitrogen and oxygen atoms in total. The van der Waals surface area contributed by atoms with Crippen molar-refractivity contribution in [2.75, 3.05) is 33.5 Å². The lowest BCUT2D eigenvalue weighted by molar-refractivity contribution is -0.141. The molecule has 12 unspecified atom stereocenters. The highest BCUT2D eigenvalue weighted by atomic mass is 32.1. The number of nitrogens with zero attached hydrogens (tertiary/aromatic N) is 2. The van der Waals surface area contributed by atoms with Gasteiger partial charge >= 0.3 is 11.9 Å². The average molecular weight is 643 g/mol. The van der Waals surface area contributed by atoms with Crippen molar-refractivity contribution in [1.29, 1.82) is 0 Å². The molecule has 5 heterocycles. The predicted octanol–water partition coefficient (Wildman–Crippen LogP) is 1.92. The third-order valence-electron chi connectivity index (χ3n) is 11.7. The van der Waals surface area contributed by atoms with Crippen molar-refractivity contribution in [3.63, 3.8) is 0 Å². The third-order valence-corrected chi connectivity index (χ3v) is 12.8. The molecule has 4 N–H and O–H groups in total. The summed E-state index contributed by atoms with van der Waals surface area (Å²) in [5.41, 5.74) is 3.48. The van der Waals surface area contributed by atoms with Gasteiger partial charge in [-0.15, -0.1) is 11.3 Å². The highest BCUT2D eigenvalue weighted by molar-refractivity contribution is 7.16. The van der Waals surface area contributed by atoms with Gasteiger partial charge in [-0.2, -0.15) is 5.48 Å². The van der Waals surface area contributed by atoms with Crippen molar-refractivity contribution in [2.24, 2.45) is 23.7 Å². The molecule has 2 aliphatic carbocycles. The van der Waals surface area contributed by atoms with E-state index in [-0.39, 0.29) is 82.7 Å². The van der Waals surface area contributed by atoms with Crippen LogP contribution in [0.3, 0.4) is 0 Å². The molecule has 246 valence electrons. The Bertz CT molecular complexity index is 1400. The Morgan fingerprint density at radius 3 is 1.98 bits per heavy atom. The van der Waals surface area contributed by atoms with Gasteiger partial charge < -0.3 is 35.3 Å². The number of rotatable bonds is 2. The van der Waals surface area contributed by atoms with Crippen molar-refractivity contribution < 1.29 is 28.8 Å². The number of thiophene rings is 1. The molecule has 45 heavy (non-hydrogen) atoms. The summed E-state index contributed by atoms with van der Waals surface area (Å²) in [6.07, 6.45) is 4.33. The Hall–Kier alpha value is -2.58. The van der Waals surface area contributed by atoms with Gasteiger partial charge in [0.25, 0.3) is 5.91 Å². The number of carbonyl (C=O) groups is 4. The lowest BCUT2D eigenvalue weighted by Gasteiger charge is -2.52. The van der Waals surface area contributed by atoms with Crippen LogP contribution < -0.4 is 21.4 Å². The van der Waals surface area contributed by atoms with E-state index in [4.69, 9.17) is 9.57 Å². The van der Waals surface area contributed by atoms with Crippen LogP contribution in [0.15, 0.2) is 0 Å². The smallest absolute Gasteiger partial charge is 0.374 e. The molecule has 2 saturated heterocycles. The molecule has 1 aromatic heterocycles. The maximum Gasteiger partial charge on any atom is 0.374 e. The van der Waals surface area contributed by atoms with Crippen molar-refractivity contribution >= 4 is 40.8 Å². The Labute approximate surface area is 268 Å². The molecule has 2 saturated carbocycles. The molecule has 1 aromatic rings. The van der Waals surface area contributed by atoms with Crippen molar-refractivity contribution in [3.05, 3.63) is 15.3 Å². The number of hydrogen-bond donors (Lipinski definition) is 4. The van der Waals surface area contributed by atoms with E-state index in [2.05, 4.69) is 31.2 Å². The summed E-state index contributed by atoms with van der Waals surface area (Å²) in [5, 5.41) is 10.5. The summed E-state index contributed by atoms with van der Waals surface area (Å²) in [6, 6.07) is 0.0713. The number of nitrogens with one attached hydrogen (secondary N) is 4. The molecule has 4 aliphatic heterocycles. The number of hydroxylamine groups is 1. The first-order valence-electron chi connectivity index (χ1n) is 16.5. The molecule has 8 bridgehead atoms. The van der Waals surface area contributed by atoms with Gasteiger partial charge in [-0.3, -0.25) is 9.59 Å². The first kappa shape index (κ1) is 31.0. The largest absolute Gasteiger partial charge is 0.458 e. The fraction of sp³-hybridized carbons (Fsp3) is 0.750. The van der Waals surface area contributed by atoms with Crippen LogP contribution in [-0.2, 0) is 19.2 Å². The zero-order chi connectivity index (χ0) is 31.9. The Balaban J connectivity index is 1.33. The second-order valence-electron chi connectivity index (χ2n) is 14.7. The minimum Gasteiger partial charge on any atom is -0.458 e. The van der Waals surface area contributed by atoms with Crippen LogP contribution in [0, 0.1) is 23.7 Å². The second kappa shape index (κ2) is 11.6. The van der Waals surface area contributed by atoms with E-state index < -0.39 is 17.9 Å². The van der Waals surface area contributed by atoms with Gasteiger partial charge in [-0.05, 0) is 98.3 Å². The van der Waals surface area contributed by atoms with E-state index in [9.17, 15) is 19.2 Å². The predicted molar refractivity (Wildman–Crippen MR) is 168 cm³/mol. The molecular weight excluding hydrogens is 596 g/mol. The van der Waals surface area contributed by atoms with E-state index in [1.165, 1.54) is 0 Å². The van der Waals surface area contributed by atoms with Crippen molar-refractivity contribution in [3.8, 4) is 0 Å². The maximum absolute atomic E-state index is 14.2. The van der Waals surface area contributed by atoms with Gasteiger partial charge in [-0.1, -0.05) is 0 Å². The van der Waals surface area contributed by atoms with E-state index in [0.717, 1.165) is 37.0 Å². The molecule has 4 fully saturated rings. The Morgan fingerprint density at radius 1 is 0.733 bits per heavy atom. The first-order chi connectivity index (χ1) is 21.4. The number of anilines is 1. The van der Waals surface area contributed by atoms with Crippen molar-refractivity contribution in [1.82, 2.24) is 25.9 Å². The normalized spacial score (nSPS) is 41.2. The number of hydrogen-bond acceptors (Lipinski definition) is 11. The Kier molecular flexibility index (Phi) is 7.99. The minimum absolute atomic E-state index is 0.000448. The number of fused-ring (bicyclic) bond motifs is 10. The maximum atomic E-state index is 14.2. The minimum atomic E-state index is -0.803. The van der Waals surface area contributed by atoms with Crippen LogP contribution >= 0.6 is 11.3 Å². The molecule has 0 radical (unpaired) electrons. The molecule has 12 atom stereocenters. The van der Waals surface area contributed by atoms with E-state index in [1.807, 2.05) is 42.0 Å². The molecule has 0 spiro atoms. The van der Waals surface area contributed by atoms with Gasteiger partial charge in [0.2, 0.25) is 5.91 Å². The molecule has 7 rings (SSSR count). The van der Waals surface area contributed by atoms with E-state index in [1.54, 1.807) is 0 Å². The fourth-order valence-corrected chi connectivity index (χ4v) is 11.1. The average Bonchev–Trinajstić information content (AvgIpc) is 3.36. The van der Waals surface area contributed by atoms with Gasteiger partial charge in [-0.25, -0.2) is 9.59 Å². The van der Waals surface area contributed by atoms with Gasteiger partial charge in [0.1, 0.15) is 15.9 Å². The van der Waals surface area contributed by atoms with Crippen LogP contribution in [0.1, 0.15) is 83.2 Å². The summed E-state index contributed by atoms with van der Waals surface area (Å²) in [5.74, 6) is -2.50. The lowest BCUT2D eigenvalue weighted by atomic mass is 9.66. The van der Waals surface area contributed by atoms with E-state index >= 15 is 0 Å². The van der Waals surface area contributed by atoms with Crippen LogP contribution in [0.4, 0.5) is 5.69 Å². The summed E-state index contributed by atoms with van der Waals surface area (Å²) in [6.45, 7) is 4.04. The van der Waals surface area contributed by atoms with Crippen LogP contribution in [-0.4, -0.2) is 104 Å². The van der Waals surface area contributed by atoms with Crippen LogP contribution in [0.5, 0.6) is 0 Å². The summed E-state index contributed by atoms with van der Waals surface area (Å²) in [7, 11) is 7.97. The number of esters is 1. The number of piperidine rings is 2. The highest BCUT2D eigenvalue weighted by Gasteiger charge is 2.53.